The van der Waals surface area contributed by atoms with Crippen molar-refractivity contribution in [1.29, 1.82) is 0 Å². The molecule has 2 aliphatic rings. The molecule has 1 aromatic heterocycles. The monoisotopic (exact) mass is 374 g/mol. The Morgan fingerprint density at radius 2 is 1.88 bits per heavy atom. The van der Waals surface area contributed by atoms with E-state index in [2.05, 4.69) is 14.8 Å². The van der Waals surface area contributed by atoms with E-state index >= 15 is 0 Å². The molecule has 1 saturated heterocycles. The summed E-state index contributed by atoms with van der Waals surface area (Å²) in [6.45, 7) is 5.29. The third-order valence-electron chi connectivity index (χ3n) is 5.56. The van der Waals surface area contributed by atoms with Gasteiger partial charge in [-0.15, -0.1) is 10.2 Å². The number of nitrogens with zero attached hydrogens (tertiary/aromatic N) is 4. The van der Waals surface area contributed by atoms with Crippen LogP contribution in [0.5, 0.6) is 0 Å². The smallest absolute Gasteiger partial charge is 0.244 e. The first-order chi connectivity index (χ1) is 12.5. The number of aryl methyl sites for hydroxylation is 3. The molecule has 0 radical (unpaired) electrons. The Kier molecular flexibility index (Phi) is 4.61. The van der Waals surface area contributed by atoms with Crippen molar-refractivity contribution in [3.63, 3.8) is 0 Å². The average molecular weight is 375 g/mol. The zero-order valence-corrected chi connectivity index (χ0v) is 16.3. The van der Waals surface area contributed by atoms with Gasteiger partial charge in [-0.3, -0.25) is 0 Å². The van der Waals surface area contributed by atoms with Crippen LogP contribution in [-0.2, 0) is 23.0 Å². The van der Waals surface area contributed by atoms with Gasteiger partial charge in [-0.2, -0.15) is 4.31 Å². The van der Waals surface area contributed by atoms with Gasteiger partial charge in [0.15, 0.2) is 5.82 Å². The number of fused-ring (bicyclic) bond motifs is 1. The fraction of sp³-hybridized carbons (Fsp3) is 0.579. The Labute approximate surface area is 155 Å². The lowest BCUT2D eigenvalue weighted by atomic mass is 10.2. The van der Waals surface area contributed by atoms with Crippen LogP contribution in [0.3, 0.4) is 0 Å². The average Bonchev–Trinajstić information content (AvgIpc) is 3.16. The highest BCUT2D eigenvalue weighted by atomic mass is 32.2. The standard InChI is InChI=1S/C19H26N4O2S/c1-14-9-10-17(15(2)13-14)26(24,25)23-12-6-7-16(23)19-21-20-18-8-4-3-5-11-22(18)19/h9-10,13,16H,3-8,11-12H2,1-2H3. The van der Waals surface area contributed by atoms with Crippen molar-refractivity contribution in [2.24, 2.45) is 0 Å². The quantitative estimate of drug-likeness (QED) is 0.828. The van der Waals surface area contributed by atoms with E-state index in [4.69, 9.17) is 0 Å². The molecule has 2 aromatic rings. The lowest BCUT2D eigenvalue weighted by Crippen LogP contribution is -2.32. The highest BCUT2D eigenvalue weighted by Gasteiger charge is 2.39. The summed E-state index contributed by atoms with van der Waals surface area (Å²) >= 11 is 0. The number of aromatic nitrogens is 3. The van der Waals surface area contributed by atoms with E-state index in [9.17, 15) is 8.42 Å². The molecule has 6 nitrogen and oxygen atoms in total. The third kappa shape index (κ3) is 2.97. The van der Waals surface area contributed by atoms with Gasteiger partial charge in [-0.25, -0.2) is 8.42 Å². The highest BCUT2D eigenvalue weighted by Crippen LogP contribution is 2.37. The Hall–Kier alpha value is -1.73. The minimum absolute atomic E-state index is 0.208. The summed E-state index contributed by atoms with van der Waals surface area (Å²) < 4.78 is 30.6. The number of benzene rings is 1. The van der Waals surface area contributed by atoms with Crippen LogP contribution in [0.1, 0.15) is 60.9 Å². The van der Waals surface area contributed by atoms with Gasteiger partial charge < -0.3 is 4.57 Å². The SMILES string of the molecule is Cc1ccc(S(=O)(=O)N2CCCC2c2nnc3n2CCCCC3)c(C)c1. The van der Waals surface area contributed by atoms with Gasteiger partial charge in [-0.05, 0) is 51.2 Å². The van der Waals surface area contributed by atoms with E-state index in [0.717, 1.165) is 61.4 Å². The van der Waals surface area contributed by atoms with Crippen LogP contribution < -0.4 is 0 Å². The second-order valence-corrected chi connectivity index (χ2v) is 9.34. The summed E-state index contributed by atoms with van der Waals surface area (Å²) in [6.07, 6.45) is 6.03. The van der Waals surface area contributed by atoms with Crippen molar-refractivity contribution in [3.8, 4) is 0 Å². The van der Waals surface area contributed by atoms with Gasteiger partial charge in [0, 0.05) is 19.5 Å². The summed E-state index contributed by atoms with van der Waals surface area (Å²) in [5, 5.41) is 8.79. The van der Waals surface area contributed by atoms with Gasteiger partial charge in [0.2, 0.25) is 10.0 Å². The van der Waals surface area contributed by atoms with E-state index in [1.807, 2.05) is 26.0 Å². The first-order valence-corrected chi connectivity index (χ1v) is 10.9. The van der Waals surface area contributed by atoms with Crippen LogP contribution >= 0.6 is 0 Å². The molecular weight excluding hydrogens is 348 g/mol. The maximum absolute atomic E-state index is 13.4. The van der Waals surface area contributed by atoms with Crippen LogP contribution in [0.4, 0.5) is 0 Å². The Bertz CT molecular complexity index is 920. The van der Waals surface area contributed by atoms with Crippen molar-refractivity contribution >= 4 is 10.0 Å². The van der Waals surface area contributed by atoms with E-state index < -0.39 is 10.0 Å². The van der Waals surface area contributed by atoms with Crippen LogP contribution in [0, 0.1) is 13.8 Å². The van der Waals surface area contributed by atoms with Crippen LogP contribution in [0.15, 0.2) is 23.1 Å². The zero-order chi connectivity index (χ0) is 18.3. The molecule has 140 valence electrons. The summed E-state index contributed by atoms with van der Waals surface area (Å²) in [6, 6.07) is 5.33. The first kappa shape index (κ1) is 17.7. The van der Waals surface area contributed by atoms with Crippen LogP contribution in [-0.4, -0.2) is 34.0 Å². The minimum Gasteiger partial charge on any atom is -0.314 e. The molecular formula is C19H26N4O2S. The normalized spacial score (nSPS) is 21.5. The lowest BCUT2D eigenvalue weighted by molar-refractivity contribution is 0.370. The van der Waals surface area contributed by atoms with Crippen molar-refractivity contribution < 1.29 is 8.42 Å². The predicted molar refractivity (Wildman–Crippen MR) is 99.4 cm³/mol. The van der Waals surface area contributed by atoms with Crippen LogP contribution in [0.25, 0.3) is 0 Å². The summed E-state index contributed by atoms with van der Waals surface area (Å²) in [4.78, 5) is 0.408. The number of hydrogen-bond donors (Lipinski definition) is 0. The molecule has 1 aromatic carbocycles. The molecule has 0 N–H and O–H groups in total. The van der Waals surface area contributed by atoms with E-state index in [1.165, 1.54) is 6.42 Å². The molecule has 1 unspecified atom stereocenters. The van der Waals surface area contributed by atoms with Gasteiger partial charge in [0.05, 0.1) is 10.9 Å². The Morgan fingerprint density at radius 1 is 1.04 bits per heavy atom. The fourth-order valence-corrected chi connectivity index (χ4v) is 6.12. The molecule has 7 heteroatoms. The molecule has 3 heterocycles. The summed E-state index contributed by atoms with van der Waals surface area (Å²) in [5.41, 5.74) is 1.87. The van der Waals surface area contributed by atoms with Crippen molar-refractivity contribution in [2.75, 3.05) is 6.54 Å². The second-order valence-electron chi connectivity index (χ2n) is 7.48. The highest BCUT2D eigenvalue weighted by molar-refractivity contribution is 7.89. The van der Waals surface area contributed by atoms with Crippen molar-refractivity contribution in [3.05, 3.63) is 41.0 Å². The largest absolute Gasteiger partial charge is 0.314 e. The Balaban J connectivity index is 1.72. The molecule has 1 fully saturated rings. The topological polar surface area (TPSA) is 68.1 Å². The maximum atomic E-state index is 13.4. The number of rotatable bonds is 3. The Morgan fingerprint density at radius 3 is 2.69 bits per heavy atom. The molecule has 1 atom stereocenters. The lowest BCUT2D eigenvalue weighted by Gasteiger charge is -2.25. The fourth-order valence-electron chi connectivity index (χ4n) is 4.26. The number of hydrogen-bond acceptors (Lipinski definition) is 4. The van der Waals surface area contributed by atoms with E-state index in [1.54, 1.807) is 10.4 Å². The van der Waals surface area contributed by atoms with Crippen LogP contribution in [0.2, 0.25) is 0 Å². The summed E-state index contributed by atoms with van der Waals surface area (Å²) in [5.74, 6) is 1.83. The van der Waals surface area contributed by atoms with Crippen molar-refractivity contribution in [2.45, 2.75) is 69.9 Å². The maximum Gasteiger partial charge on any atom is 0.244 e. The minimum atomic E-state index is -3.54. The van der Waals surface area contributed by atoms with Gasteiger partial charge in [-0.1, -0.05) is 24.1 Å². The molecule has 0 aliphatic carbocycles. The molecule has 4 rings (SSSR count). The molecule has 0 saturated carbocycles. The van der Waals surface area contributed by atoms with E-state index in [0.29, 0.717) is 11.4 Å². The first-order valence-electron chi connectivity index (χ1n) is 9.49. The van der Waals surface area contributed by atoms with Crippen molar-refractivity contribution in [1.82, 2.24) is 19.1 Å². The summed E-state index contributed by atoms with van der Waals surface area (Å²) in [7, 11) is -3.54. The van der Waals surface area contributed by atoms with Gasteiger partial charge in [0.25, 0.3) is 0 Å². The molecule has 0 bridgehead atoms. The molecule has 26 heavy (non-hydrogen) atoms. The molecule has 0 amide bonds. The molecule has 2 aliphatic heterocycles. The second kappa shape index (κ2) is 6.78. The zero-order valence-electron chi connectivity index (χ0n) is 15.5. The predicted octanol–water partition coefficient (Wildman–Crippen LogP) is 3.15. The van der Waals surface area contributed by atoms with Gasteiger partial charge >= 0.3 is 0 Å². The van der Waals surface area contributed by atoms with Gasteiger partial charge in [0.1, 0.15) is 5.82 Å². The van der Waals surface area contributed by atoms with E-state index in [-0.39, 0.29) is 6.04 Å². The third-order valence-corrected chi connectivity index (χ3v) is 7.63. The molecule has 0 spiro atoms. The number of sulfonamides is 1.